The zero-order chi connectivity index (χ0) is 38.2. The van der Waals surface area contributed by atoms with Crippen LogP contribution in [-0.2, 0) is 23.7 Å². The molecule has 0 bridgehead atoms. The van der Waals surface area contributed by atoms with E-state index in [-0.39, 0.29) is 10.9 Å². The van der Waals surface area contributed by atoms with Crippen LogP contribution in [0.4, 0.5) is 0 Å². The molecule has 0 fully saturated rings. The molecule has 2 aromatic heterocycles. The lowest BCUT2D eigenvalue weighted by atomic mass is 10.1. The third kappa shape index (κ3) is 11.8. The summed E-state index contributed by atoms with van der Waals surface area (Å²) in [5, 5.41) is 1.14. The summed E-state index contributed by atoms with van der Waals surface area (Å²) < 4.78 is 51.3. The second kappa shape index (κ2) is 20.4. The van der Waals surface area contributed by atoms with Crippen molar-refractivity contribution in [2.24, 2.45) is 0 Å². The Kier molecular flexibility index (Phi) is 14.6. The van der Waals surface area contributed by atoms with Crippen molar-refractivity contribution in [1.82, 2.24) is 0 Å². The van der Waals surface area contributed by atoms with Gasteiger partial charge < -0.3 is 42.0 Å². The van der Waals surface area contributed by atoms with Crippen molar-refractivity contribution in [2.45, 2.75) is 13.8 Å². The van der Waals surface area contributed by atoms with Crippen molar-refractivity contribution in [1.29, 1.82) is 0 Å². The van der Waals surface area contributed by atoms with Crippen LogP contribution >= 0.6 is 0 Å². The zero-order valence-corrected chi connectivity index (χ0v) is 31.2. The van der Waals surface area contributed by atoms with Crippen LogP contribution in [0.1, 0.15) is 11.1 Å². The lowest BCUT2D eigenvalue weighted by molar-refractivity contribution is -0.0141. The van der Waals surface area contributed by atoms with Crippen molar-refractivity contribution >= 4 is 21.9 Å². The largest absolute Gasteiger partial charge is 0.491 e. The summed E-state index contributed by atoms with van der Waals surface area (Å²) in [6.07, 6.45) is 0. The Hall–Kier alpha value is -5.30. The molecule has 288 valence electrons. The Morgan fingerprint density at radius 1 is 0.400 bits per heavy atom. The van der Waals surface area contributed by atoms with Gasteiger partial charge in [0.2, 0.25) is 0 Å². The fourth-order valence-electron chi connectivity index (χ4n) is 5.66. The molecule has 0 saturated carbocycles. The van der Waals surface area contributed by atoms with Gasteiger partial charge in [0.15, 0.2) is 10.9 Å². The SMILES string of the molecule is Cc1ccc2c(=O)cc(-c3ccc(OCCOCCOCCOCCOCCOCCOc4ccc(-c5cc(=O)c6ccc(C)cc6o5)cc4)cc3)oc2c1. The number of ether oxygens (including phenoxy) is 7. The van der Waals surface area contributed by atoms with E-state index in [0.717, 1.165) is 22.3 Å². The Balaban J connectivity index is 0.718. The Bertz CT molecular complexity index is 2060. The molecule has 0 spiro atoms. The number of rotatable bonds is 22. The van der Waals surface area contributed by atoms with Crippen LogP contribution in [-0.4, -0.2) is 79.3 Å². The molecule has 11 nitrogen and oxygen atoms in total. The minimum absolute atomic E-state index is 0.0679. The molecule has 55 heavy (non-hydrogen) atoms. The molecular formula is C44H46O11. The molecule has 0 radical (unpaired) electrons. The van der Waals surface area contributed by atoms with E-state index in [1.165, 1.54) is 12.1 Å². The van der Waals surface area contributed by atoms with E-state index in [1.807, 2.05) is 86.6 Å². The molecule has 0 atom stereocenters. The van der Waals surface area contributed by atoms with Gasteiger partial charge in [-0.05, 0) is 97.8 Å². The van der Waals surface area contributed by atoms with E-state index in [4.69, 9.17) is 42.0 Å². The Morgan fingerprint density at radius 3 is 1.07 bits per heavy atom. The summed E-state index contributed by atoms with van der Waals surface area (Å²) in [6, 6.07) is 29.0. The summed E-state index contributed by atoms with van der Waals surface area (Å²) in [5.41, 5.74) is 4.68. The average Bonchev–Trinajstić information content (AvgIpc) is 3.18. The summed E-state index contributed by atoms with van der Waals surface area (Å²) in [6.45, 7) is 9.29. The molecule has 0 aliphatic heterocycles. The van der Waals surface area contributed by atoms with E-state index in [1.54, 1.807) is 12.1 Å². The maximum Gasteiger partial charge on any atom is 0.193 e. The second-order valence-corrected chi connectivity index (χ2v) is 12.8. The summed E-state index contributed by atoms with van der Waals surface area (Å²) in [5.74, 6) is 2.44. The first kappa shape index (κ1) is 39.4. The molecule has 4 aromatic carbocycles. The monoisotopic (exact) mass is 750 g/mol. The third-order valence-electron chi connectivity index (χ3n) is 8.53. The van der Waals surface area contributed by atoms with E-state index in [9.17, 15) is 9.59 Å². The average molecular weight is 751 g/mol. The van der Waals surface area contributed by atoms with E-state index in [2.05, 4.69) is 0 Å². The number of aryl methyl sites for hydroxylation is 2. The van der Waals surface area contributed by atoms with Crippen LogP contribution in [0.15, 0.2) is 115 Å². The first-order chi connectivity index (χ1) is 26.9. The highest BCUT2D eigenvalue weighted by Crippen LogP contribution is 2.26. The predicted octanol–water partition coefficient (Wildman–Crippen LogP) is 7.39. The normalized spacial score (nSPS) is 11.4. The van der Waals surface area contributed by atoms with E-state index >= 15 is 0 Å². The minimum Gasteiger partial charge on any atom is -0.491 e. The van der Waals surface area contributed by atoms with Gasteiger partial charge in [-0.1, -0.05) is 12.1 Å². The molecule has 0 aliphatic rings. The highest BCUT2D eigenvalue weighted by molar-refractivity contribution is 5.80. The number of fused-ring (bicyclic) bond motifs is 2. The van der Waals surface area contributed by atoms with Crippen LogP contribution in [0, 0.1) is 13.8 Å². The lowest BCUT2D eigenvalue weighted by Crippen LogP contribution is -2.15. The molecular weight excluding hydrogens is 704 g/mol. The highest BCUT2D eigenvalue weighted by atomic mass is 16.6. The smallest absolute Gasteiger partial charge is 0.193 e. The fraction of sp³-hybridized carbons (Fsp3) is 0.318. The molecule has 6 rings (SSSR count). The fourth-order valence-corrected chi connectivity index (χ4v) is 5.66. The highest BCUT2D eigenvalue weighted by Gasteiger charge is 2.09. The standard InChI is InChI=1S/C44H46O11/c1-31-3-13-37-39(45)29-41(54-43(37)27-31)33-5-9-35(10-6-33)52-25-23-50-21-19-48-17-15-47-16-18-49-20-22-51-24-26-53-36-11-7-34(8-12-36)42-30-40(46)38-14-4-32(2)28-44(38)55-42/h3-14,27-30H,15-26H2,1-2H3. The molecule has 2 heterocycles. The number of hydrogen-bond acceptors (Lipinski definition) is 11. The van der Waals surface area contributed by atoms with Gasteiger partial charge in [0.1, 0.15) is 47.4 Å². The maximum absolute atomic E-state index is 12.5. The molecule has 0 N–H and O–H groups in total. The molecule has 11 heteroatoms. The molecule has 0 unspecified atom stereocenters. The second-order valence-electron chi connectivity index (χ2n) is 12.8. The third-order valence-corrected chi connectivity index (χ3v) is 8.53. The topological polar surface area (TPSA) is 125 Å². The van der Waals surface area contributed by atoms with Crippen molar-refractivity contribution in [3.63, 3.8) is 0 Å². The van der Waals surface area contributed by atoms with E-state index < -0.39 is 0 Å². The Morgan fingerprint density at radius 2 is 0.727 bits per heavy atom. The van der Waals surface area contributed by atoms with Gasteiger partial charge in [-0.3, -0.25) is 9.59 Å². The summed E-state index contributed by atoms with van der Waals surface area (Å²) in [4.78, 5) is 25.0. The van der Waals surface area contributed by atoms with Gasteiger partial charge in [0.25, 0.3) is 0 Å². The lowest BCUT2D eigenvalue weighted by Gasteiger charge is -2.10. The first-order valence-corrected chi connectivity index (χ1v) is 18.4. The van der Waals surface area contributed by atoms with Crippen molar-refractivity contribution in [2.75, 3.05) is 79.3 Å². The van der Waals surface area contributed by atoms with Crippen LogP contribution < -0.4 is 20.3 Å². The molecule has 0 saturated heterocycles. The molecule has 0 amide bonds. The van der Waals surface area contributed by atoms with Crippen LogP contribution in [0.2, 0.25) is 0 Å². The molecule has 0 aliphatic carbocycles. The van der Waals surface area contributed by atoms with Crippen molar-refractivity contribution in [3.8, 4) is 34.1 Å². The van der Waals surface area contributed by atoms with Gasteiger partial charge >= 0.3 is 0 Å². The maximum atomic E-state index is 12.5. The van der Waals surface area contributed by atoms with Gasteiger partial charge in [0.05, 0.1) is 76.8 Å². The minimum atomic E-state index is -0.0679. The van der Waals surface area contributed by atoms with Gasteiger partial charge in [-0.15, -0.1) is 0 Å². The van der Waals surface area contributed by atoms with Gasteiger partial charge in [-0.2, -0.15) is 0 Å². The quantitative estimate of drug-likeness (QED) is 0.0645. The van der Waals surface area contributed by atoms with Gasteiger partial charge in [0, 0.05) is 23.3 Å². The predicted molar refractivity (Wildman–Crippen MR) is 210 cm³/mol. The number of hydrogen-bond donors (Lipinski definition) is 0. The summed E-state index contributed by atoms with van der Waals surface area (Å²) >= 11 is 0. The van der Waals surface area contributed by atoms with Crippen LogP contribution in [0.3, 0.4) is 0 Å². The first-order valence-electron chi connectivity index (χ1n) is 18.4. The van der Waals surface area contributed by atoms with Crippen molar-refractivity contribution in [3.05, 3.63) is 129 Å². The Labute approximate surface area is 319 Å². The van der Waals surface area contributed by atoms with Crippen molar-refractivity contribution < 1.29 is 42.0 Å². The van der Waals surface area contributed by atoms with E-state index in [0.29, 0.717) is 124 Å². The van der Waals surface area contributed by atoms with Crippen LogP contribution in [0.25, 0.3) is 44.6 Å². The van der Waals surface area contributed by atoms with Crippen LogP contribution in [0.5, 0.6) is 11.5 Å². The molecule has 6 aromatic rings. The zero-order valence-electron chi connectivity index (χ0n) is 31.2. The number of benzene rings is 4. The van der Waals surface area contributed by atoms with Gasteiger partial charge in [-0.25, -0.2) is 0 Å². The summed E-state index contributed by atoms with van der Waals surface area (Å²) in [7, 11) is 0.